The molecule has 0 N–H and O–H groups in total. The molecule has 0 fully saturated rings. The number of unbranched alkanes of at least 4 members (excludes halogenated alkanes) is 1. The van der Waals surface area contributed by atoms with Gasteiger partial charge in [0, 0.05) is 23.6 Å². The number of rotatable bonds is 5. The Kier molecular flexibility index (Phi) is 4.17. The molecule has 0 amide bonds. The van der Waals surface area contributed by atoms with E-state index >= 15 is 0 Å². The minimum atomic E-state index is 0.998. The number of benzene rings is 1. The summed E-state index contributed by atoms with van der Waals surface area (Å²) < 4.78 is 2.02. The van der Waals surface area contributed by atoms with E-state index in [0.717, 1.165) is 11.9 Å². The van der Waals surface area contributed by atoms with E-state index in [9.17, 15) is 0 Å². The molecule has 0 bridgehead atoms. The second kappa shape index (κ2) is 5.85. The van der Waals surface area contributed by atoms with Crippen LogP contribution in [0.15, 0.2) is 42.7 Å². The van der Waals surface area contributed by atoms with Crippen LogP contribution in [0.3, 0.4) is 0 Å². The lowest BCUT2D eigenvalue weighted by Gasteiger charge is -1.99. The van der Waals surface area contributed by atoms with E-state index in [-0.39, 0.29) is 0 Å². The van der Waals surface area contributed by atoms with Gasteiger partial charge in [-0.05, 0) is 18.4 Å². The third kappa shape index (κ3) is 2.95. The van der Waals surface area contributed by atoms with Gasteiger partial charge in [0.15, 0.2) is 0 Å². The quantitative estimate of drug-likeness (QED) is 0.602. The zero-order valence-corrected chi connectivity index (χ0v) is 10.7. The molecule has 0 unspecified atom stereocenters. The van der Waals surface area contributed by atoms with E-state index in [1.165, 1.54) is 24.0 Å². The summed E-state index contributed by atoms with van der Waals surface area (Å²) in [5.74, 6) is 0. The van der Waals surface area contributed by atoms with Crippen LogP contribution < -0.4 is 0 Å². The first-order chi connectivity index (χ1) is 7.90. The Bertz CT molecular complexity index is 423. The van der Waals surface area contributed by atoms with E-state index in [4.69, 9.17) is 0 Å². The van der Waals surface area contributed by atoms with Gasteiger partial charge in [-0.1, -0.05) is 46.3 Å². The van der Waals surface area contributed by atoms with E-state index in [1.807, 2.05) is 16.9 Å². The van der Waals surface area contributed by atoms with Crippen LogP contribution in [0.25, 0.3) is 11.1 Å². The summed E-state index contributed by atoms with van der Waals surface area (Å²) in [7, 11) is 0. The van der Waals surface area contributed by atoms with Crippen LogP contribution in [0.5, 0.6) is 0 Å². The number of aromatic nitrogens is 2. The molecular formula is C13H15BrN2. The van der Waals surface area contributed by atoms with Gasteiger partial charge in [-0.2, -0.15) is 5.10 Å². The maximum Gasteiger partial charge on any atom is 0.0568 e. The number of aryl methyl sites for hydroxylation is 1. The molecule has 0 saturated carbocycles. The topological polar surface area (TPSA) is 17.8 Å². The number of halogens is 1. The van der Waals surface area contributed by atoms with E-state index < -0.39 is 0 Å². The van der Waals surface area contributed by atoms with Gasteiger partial charge >= 0.3 is 0 Å². The SMILES string of the molecule is BrCCCCn1cc(-c2ccccc2)cn1. The Morgan fingerprint density at radius 3 is 2.62 bits per heavy atom. The first-order valence-electron chi connectivity index (χ1n) is 5.54. The van der Waals surface area contributed by atoms with Gasteiger partial charge in [0.1, 0.15) is 0 Å². The van der Waals surface area contributed by atoms with Crippen molar-refractivity contribution in [3.05, 3.63) is 42.7 Å². The van der Waals surface area contributed by atoms with Crippen LogP contribution in [0.4, 0.5) is 0 Å². The zero-order chi connectivity index (χ0) is 11.2. The summed E-state index contributed by atoms with van der Waals surface area (Å²) in [5.41, 5.74) is 2.42. The van der Waals surface area contributed by atoms with Crippen molar-refractivity contribution < 1.29 is 0 Å². The Morgan fingerprint density at radius 1 is 1.06 bits per heavy atom. The molecule has 0 aliphatic rings. The van der Waals surface area contributed by atoms with Crippen LogP contribution in [0, 0.1) is 0 Å². The number of alkyl halides is 1. The van der Waals surface area contributed by atoms with Crippen molar-refractivity contribution >= 4 is 15.9 Å². The maximum absolute atomic E-state index is 4.37. The monoisotopic (exact) mass is 278 g/mol. The zero-order valence-electron chi connectivity index (χ0n) is 9.14. The minimum absolute atomic E-state index is 0.998. The highest BCUT2D eigenvalue weighted by atomic mass is 79.9. The van der Waals surface area contributed by atoms with Crippen molar-refractivity contribution in [3.8, 4) is 11.1 Å². The number of hydrogen-bond donors (Lipinski definition) is 0. The van der Waals surface area contributed by atoms with Crippen LogP contribution >= 0.6 is 15.9 Å². The average molecular weight is 279 g/mol. The Morgan fingerprint density at radius 2 is 1.88 bits per heavy atom. The highest BCUT2D eigenvalue weighted by Gasteiger charge is 2.00. The summed E-state index contributed by atoms with van der Waals surface area (Å²) in [6.45, 7) is 0.998. The highest BCUT2D eigenvalue weighted by Crippen LogP contribution is 2.17. The molecule has 0 radical (unpaired) electrons. The van der Waals surface area contributed by atoms with Gasteiger partial charge in [0.05, 0.1) is 6.20 Å². The third-order valence-electron chi connectivity index (χ3n) is 2.51. The molecule has 0 aliphatic heterocycles. The number of nitrogens with zero attached hydrogens (tertiary/aromatic N) is 2. The first kappa shape index (κ1) is 11.4. The van der Waals surface area contributed by atoms with Crippen molar-refractivity contribution in [1.82, 2.24) is 9.78 Å². The van der Waals surface area contributed by atoms with E-state index in [1.54, 1.807) is 0 Å². The predicted octanol–water partition coefficient (Wildman–Crippen LogP) is 3.73. The summed E-state index contributed by atoms with van der Waals surface area (Å²) >= 11 is 3.44. The number of hydrogen-bond acceptors (Lipinski definition) is 1. The molecule has 1 heterocycles. The molecule has 1 aromatic carbocycles. The fourth-order valence-corrected chi connectivity index (χ4v) is 2.03. The first-order valence-corrected chi connectivity index (χ1v) is 6.66. The molecule has 0 atom stereocenters. The predicted molar refractivity (Wildman–Crippen MR) is 70.7 cm³/mol. The standard InChI is InChI=1S/C13H15BrN2/c14-8-4-5-9-16-11-13(10-15-16)12-6-2-1-3-7-12/h1-3,6-7,10-11H,4-5,8-9H2. The molecule has 3 heteroatoms. The lowest BCUT2D eigenvalue weighted by molar-refractivity contribution is 0.575. The van der Waals surface area contributed by atoms with Crippen molar-refractivity contribution in [1.29, 1.82) is 0 Å². The van der Waals surface area contributed by atoms with Gasteiger partial charge in [-0.25, -0.2) is 0 Å². The van der Waals surface area contributed by atoms with Crippen molar-refractivity contribution in [3.63, 3.8) is 0 Å². The lowest BCUT2D eigenvalue weighted by Crippen LogP contribution is -1.97. The van der Waals surface area contributed by atoms with Crippen molar-refractivity contribution in [2.24, 2.45) is 0 Å². The molecule has 2 nitrogen and oxygen atoms in total. The smallest absolute Gasteiger partial charge is 0.0568 e. The van der Waals surface area contributed by atoms with Crippen molar-refractivity contribution in [2.75, 3.05) is 5.33 Å². The van der Waals surface area contributed by atoms with Crippen molar-refractivity contribution in [2.45, 2.75) is 19.4 Å². The largest absolute Gasteiger partial charge is 0.272 e. The fourth-order valence-electron chi connectivity index (χ4n) is 1.63. The second-order valence-electron chi connectivity index (χ2n) is 3.75. The molecule has 0 spiro atoms. The van der Waals surface area contributed by atoms with Crippen LogP contribution in [-0.4, -0.2) is 15.1 Å². The minimum Gasteiger partial charge on any atom is -0.272 e. The summed E-state index contributed by atoms with van der Waals surface area (Å²) in [6, 6.07) is 10.4. The molecule has 0 aliphatic carbocycles. The van der Waals surface area contributed by atoms with Gasteiger partial charge in [-0.15, -0.1) is 0 Å². The summed E-state index contributed by atoms with van der Waals surface area (Å²) in [6.07, 6.45) is 6.41. The lowest BCUT2D eigenvalue weighted by atomic mass is 10.1. The Hall–Kier alpha value is -1.09. The molecule has 2 aromatic rings. The molecule has 2 rings (SSSR count). The maximum atomic E-state index is 4.37. The normalized spacial score (nSPS) is 10.6. The third-order valence-corrected chi connectivity index (χ3v) is 3.07. The van der Waals surface area contributed by atoms with E-state index in [2.05, 4.69) is 51.5 Å². The Balaban J connectivity index is 2.02. The van der Waals surface area contributed by atoms with Crippen LogP contribution in [-0.2, 0) is 6.54 Å². The second-order valence-corrected chi connectivity index (χ2v) is 4.55. The molecule has 0 saturated heterocycles. The Labute approximate surface area is 104 Å². The van der Waals surface area contributed by atoms with Gasteiger partial charge in [-0.3, -0.25) is 4.68 Å². The highest BCUT2D eigenvalue weighted by molar-refractivity contribution is 9.09. The van der Waals surface area contributed by atoms with Crippen LogP contribution in [0.2, 0.25) is 0 Å². The van der Waals surface area contributed by atoms with Gasteiger partial charge in [0.25, 0.3) is 0 Å². The van der Waals surface area contributed by atoms with Crippen LogP contribution in [0.1, 0.15) is 12.8 Å². The summed E-state index contributed by atoms with van der Waals surface area (Å²) in [5, 5.41) is 5.43. The van der Waals surface area contributed by atoms with Gasteiger partial charge in [0.2, 0.25) is 0 Å². The molecule has 1 aromatic heterocycles. The van der Waals surface area contributed by atoms with Gasteiger partial charge < -0.3 is 0 Å². The molecular weight excluding hydrogens is 264 g/mol. The average Bonchev–Trinajstić information content (AvgIpc) is 2.79. The fraction of sp³-hybridized carbons (Fsp3) is 0.308. The molecule has 84 valence electrons. The molecule has 16 heavy (non-hydrogen) atoms. The van der Waals surface area contributed by atoms with E-state index in [0.29, 0.717) is 0 Å². The summed E-state index contributed by atoms with van der Waals surface area (Å²) in [4.78, 5) is 0.